The fraction of sp³-hybridized carbons (Fsp3) is 0.600. The number of nitrogens with one attached hydrogen (secondary N) is 1. The Hall–Kier alpha value is -0.740. The van der Waals surface area contributed by atoms with Gasteiger partial charge in [-0.25, -0.2) is 4.98 Å². The number of carbonyl (C=O) groups is 1. The molecule has 0 fully saturated rings. The summed E-state index contributed by atoms with van der Waals surface area (Å²) in [4.78, 5) is 16.5. The highest BCUT2D eigenvalue weighted by Gasteiger charge is 2.19. The highest BCUT2D eigenvalue weighted by molar-refractivity contribution is 7.98. The lowest BCUT2D eigenvalue weighted by Crippen LogP contribution is -2.33. The highest BCUT2D eigenvalue weighted by atomic mass is 35.5. The van der Waals surface area contributed by atoms with Gasteiger partial charge in [-0.15, -0.1) is 0 Å². The van der Waals surface area contributed by atoms with Gasteiger partial charge in [0.05, 0.1) is 0 Å². The zero-order valence-corrected chi connectivity index (χ0v) is 14.4. The van der Waals surface area contributed by atoms with E-state index in [1.54, 1.807) is 17.8 Å². The number of thioether (sulfide) groups is 1. The van der Waals surface area contributed by atoms with Gasteiger partial charge in [0, 0.05) is 22.7 Å². The summed E-state index contributed by atoms with van der Waals surface area (Å²) in [7, 11) is 0. The lowest BCUT2D eigenvalue weighted by molar-refractivity contribution is 0.0939. The first-order valence-electron chi connectivity index (χ1n) is 6.72. The Kier molecular flexibility index (Phi) is 6.34. The summed E-state index contributed by atoms with van der Waals surface area (Å²) < 4.78 is 0. The lowest BCUT2D eigenvalue weighted by Gasteiger charge is -2.19. The zero-order chi connectivity index (χ0) is 15.3. The van der Waals surface area contributed by atoms with E-state index in [0.717, 1.165) is 17.9 Å². The summed E-state index contributed by atoms with van der Waals surface area (Å²) in [5.41, 5.74) is 1.27. The van der Waals surface area contributed by atoms with Gasteiger partial charge in [-0.05, 0) is 37.5 Å². The van der Waals surface area contributed by atoms with Crippen molar-refractivity contribution in [2.24, 2.45) is 0 Å². The first-order chi connectivity index (χ1) is 9.24. The van der Waals surface area contributed by atoms with Crippen LogP contribution in [-0.2, 0) is 5.41 Å². The van der Waals surface area contributed by atoms with Crippen LogP contribution in [0.5, 0.6) is 0 Å². The average Bonchev–Trinajstić information content (AvgIpc) is 2.34. The molecule has 0 aliphatic heterocycles. The number of hydrogen-bond acceptors (Lipinski definition) is 3. The maximum Gasteiger partial charge on any atom is 0.251 e. The fourth-order valence-corrected chi connectivity index (χ4v) is 2.48. The molecule has 1 rings (SSSR count). The minimum atomic E-state index is -0.135. The summed E-state index contributed by atoms with van der Waals surface area (Å²) in [5, 5.41) is 3.36. The SMILES string of the molecule is CSCCC(C)NC(=O)c1cc(Cl)nc(C(C)(C)C)c1. The van der Waals surface area contributed by atoms with E-state index in [9.17, 15) is 4.79 Å². The Balaban J connectivity index is 2.85. The fourth-order valence-electron chi connectivity index (χ4n) is 1.69. The molecule has 20 heavy (non-hydrogen) atoms. The molecule has 1 amide bonds. The second kappa shape index (κ2) is 7.32. The highest BCUT2D eigenvalue weighted by Crippen LogP contribution is 2.23. The van der Waals surface area contributed by atoms with Gasteiger partial charge in [-0.3, -0.25) is 4.79 Å². The minimum absolute atomic E-state index is 0.0894. The van der Waals surface area contributed by atoms with Crippen molar-refractivity contribution < 1.29 is 4.79 Å². The molecule has 1 N–H and O–H groups in total. The summed E-state index contributed by atoms with van der Waals surface area (Å²) in [6, 6.07) is 3.59. The zero-order valence-electron chi connectivity index (χ0n) is 12.8. The quantitative estimate of drug-likeness (QED) is 0.838. The predicted molar refractivity (Wildman–Crippen MR) is 87.9 cm³/mol. The molecule has 0 aliphatic carbocycles. The van der Waals surface area contributed by atoms with Gasteiger partial charge < -0.3 is 5.32 Å². The third kappa shape index (κ3) is 5.33. The van der Waals surface area contributed by atoms with Crippen molar-refractivity contribution in [2.75, 3.05) is 12.0 Å². The van der Waals surface area contributed by atoms with Gasteiger partial charge >= 0.3 is 0 Å². The maximum atomic E-state index is 12.2. The van der Waals surface area contributed by atoms with E-state index in [-0.39, 0.29) is 17.4 Å². The van der Waals surface area contributed by atoms with Crippen LogP contribution in [0.25, 0.3) is 0 Å². The Labute approximate surface area is 130 Å². The van der Waals surface area contributed by atoms with E-state index in [4.69, 9.17) is 11.6 Å². The molecule has 1 aromatic rings. The van der Waals surface area contributed by atoms with E-state index in [2.05, 4.69) is 37.3 Å². The van der Waals surface area contributed by atoms with Gasteiger partial charge in [-0.1, -0.05) is 32.4 Å². The molecule has 1 aromatic heterocycles. The first-order valence-corrected chi connectivity index (χ1v) is 8.49. The van der Waals surface area contributed by atoms with E-state index in [1.807, 2.05) is 13.0 Å². The van der Waals surface area contributed by atoms with Gasteiger partial charge in [0.1, 0.15) is 5.15 Å². The summed E-state index contributed by atoms with van der Waals surface area (Å²) in [6.45, 7) is 8.17. The topological polar surface area (TPSA) is 42.0 Å². The molecule has 0 bridgehead atoms. The summed E-state index contributed by atoms with van der Waals surface area (Å²) in [5.74, 6) is 0.944. The van der Waals surface area contributed by atoms with Crippen LogP contribution in [0.3, 0.4) is 0 Å². The van der Waals surface area contributed by atoms with Crippen molar-refractivity contribution in [2.45, 2.75) is 45.6 Å². The van der Waals surface area contributed by atoms with Crippen molar-refractivity contribution >= 4 is 29.3 Å². The van der Waals surface area contributed by atoms with E-state index in [0.29, 0.717) is 10.7 Å². The molecule has 0 radical (unpaired) electrons. The molecule has 1 atom stereocenters. The van der Waals surface area contributed by atoms with Crippen molar-refractivity contribution in [3.8, 4) is 0 Å². The number of halogens is 1. The van der Waals surface area contributed by atoms with E-state index in [1.165, 1.54) is 0 Å². The smallest absolute Gasteiger partial charge is 0.251 e. The van der Waals surface area contributed by atoms with Crippen molar-refractivity contribution in [1.29, 1.82) is 0 Å². The molecule has 0 saturated carbocycles. The van der Waals surface area contributed by atoms with E-state index < -0.39 is 0 Å². The van der Waals surface area contributed by atoms with Crippen molar-refractivity contribution in [3.63, 3.8) is 0 Å². The van der Waals surface area contributed by atoms with Crippen LogP contribution in [-0.4, -0.2) is 28.9 Å². The second-order valence-electron chi connectivity index (χ2n) is 5.97. The maximum absolute atomic E-state index is 12.2. The van der Waals surface area contributed by atoms with E-state index >= 15 is 0 Å². The molecule has 0 aromatic carbocycles. The Morgan fingerprint density at radius 2 is 2.10 bits per heavy atom. The van der Waals surface area contributed by atoms with Crippen LogP contribution in [0, 0.1) is 0 Å². The van der Waals surface area contributed by atoms with Crippen LogP contribution in [0.2, 0.25) is 5.15 Å². The molecule has 0 saturated heterocycles. The molecule has 0 aliphatic rings. The molecule has 0 spiro atoms. The largest absolute Gasteiger partial charge is 0.350 e. The second-order valence-corrected chi connectivity index (χ2v) is 7.34. The minimum Gasteiger partial charge on any atom is -0.350 e. The Morgan fingerprint density at radius 1 is 1.45 bits per heavy atom. The third-order valence-corrected chi connectivity index (χ3v) is 3.79. The number of nitrogens with zero attached hydrogens (tertiary/aromatic N) is 1. The van der Waals surface area contributed by atoms with Crippen LogP contribution >= 0.6 is 23.4 Å². The van der Waals surface area contributed by atoms with Gasteiger partial charge in [0.25, 0.3) is 5.91 Å². The molecule has 1 heterocycles. The number of pyridine rings is 1. The van der Waals surface area contributed by atoms with Crippen LogP contribution < -0.4 is 5.32 Å². The van der Waals surface area contributed by atoms with Crippen LogP contribution in [0.4, 0.5) is 0 Å². The van der Waals surface area contributed by atoms with Crippen LogP contribution in [0.1, 0.15) is 50.2 Å². The summed E-state index contributed by atoms with van der Waals surface area (Å²) >= 11 is 7.80. The van der Waals surface area contributed by atoms with Gasteiger partial charge in [0.15, 0.2) is 0 Å². The average molecular weight is 315 g/mol. The standard InChI is InChI=1S/C15H23ClN2OS/c1-10(6-7-20-5)17-14(19)11-8-12(15(2,3)4)18-13(16)9-11/h8-10H,6-7H2,1-5H3,(H,17,19). The third-order valence-electron chi connectivity index (χ3n) is 2.96. The predicted octanol–water partition coefficient (Wildman–Crippen LogP) is 3.90. The number of amides is 1. The molecular formula is C15H23ClN2OS. The lowest BCUT2D eigenvalue weighted by atomic mass is 9.91. The molecule has 112 valence electrons. The van der Waals surface area contributed by atoms with Gasteiger partial charge in [-0.2, -0.15) is 11.8 Å². The number of rotatable bonds is 5. The monoisotopic (exact) mass is 314 g/mol. The first kappa shape index (κ1) is 17.3. The molecule has 5 heteroatoms. The normalized spacial score (nSPS) is 13.1. The molecule has 3 nitrogen and oxygen atoms in total. The summed E-state index contributed by atoms with van der Waals surface area (Å²) in [6.07, 6.45) is 3.02. The van der Waals surface area contributed by atoms with Crippen LogP contribution in [0.15, 0.2) is 12.1 Å². The Morgan fingerprint density at radius 3 is 2.65 bits per heavy atom. The van der Waals surface area contributed by atoms with Gasteiger partial charge in [0.2, 0.25) is 0 Å². The Bertz CT molecular complexity index is 471. The molecular weight excluding hydrogens is 292 g/mol. The number of hydrogen-bond donors (Lipinski definition) is 1. The van der Waals surface area contributed by atoms with Crippen molar-refractivity contribution in [3.05, 3.63) is 28.5 Å². The number of aromatic nitrogens is 1. The molecule has 1 unspecified atom stereocenters. The van der Waals surface area contributed by atoms with Crippen molar-refractivity contribution in [1.82, 2.24) is 10.3 Å². The number of carbonyl (C=O) groups excluding carboxylic acids is 1.